The van der Waals surface area contributed by atoms with Crippen LogP contribution in [-0.2, 0) is 16.4 Å². The van der Waals surface area contributed by atoms with E-state index in [0.717, 1.165) is 0 Å². The van der Waals surface area contributed by atoms with E-state index in [1.165, 1.54) is 31.3 Å². The van der Waals surface area contributed by atoms with E-state index in [1.807, 2.05) is 0 Å². The van der Waals surface area contributed by atoms with Crippen molar-refractivity contribution < 1.29 is 13.2 Å². The Kier molecular flexibility index (Phi) is 5.17. The highest BCUT2D eigenvalue weighted by molar-refractivity contribution is 7.89. The van der Waals surface area contributed by atoms with Gasteiger partial charge in [0, 0.05) is 25.6 Å². The average Bonchev–Trinajstić information content (AvgIpc) is 3.04. The summed E-state index contributed by atoms with van der Waals surface area (Å²) in [6, 6.07) is 5.72. The molecule has 0 saturated heterocycles. The lowest BCUT2D eigenvalue weighted by molar-refractivity contribution is 0.0963. The van der Waals surface area contributed by atoms with Crippen molar-refractivity contribution in [2.75, 3.05) is 13.6 Å². The van der Waals surface area contributed by atoms with E-state index in [0.29, 0.717) is 24.2 Å². The fourth-order valence-electron chi connectivity index (χ4n) is 1.75. The van der Waals surface area contributed by atoms with Gasteiger partial charge in [-0.3, -0.25) is 4.79 Å². The van der Waals surface area contributed by atoms with Crippen LogP contribution in [0, 0.1) is 0 Å². The molecule has 9 nitrogen and oxygen atoms in total. The number of aryl methyl sites for hydroxylation is 1. The zero-order valence-electron chi connectivity index (χ0n) is 11.9. The number of carbonyl (C=O) groups excluding carboxylic acids is 1. The molecule has 0 saturated carbocycles. The molecule has 1 amide bonds. The Balaban J connectivity index is 1.90. The van der Waals surface area contributed by atoms with Crippen LogP contribution in [-0.4, -0.2) is 48.5 Å². The summed E-state index contributed by atoms with van der Waals surface area (Å²) in [4.78, 5) is 11.5. The van der Waals surface area contributed by atoms with E-state index in [1.54, 1.807) is 0 Å². The molecule has 0 atom stereocenters. The normalized spacial score (nSPS) is 11.3. The lowest BCUT2D eigenvalue weighted by Gasteiger charge is -2.07. The maximum atomic E-state index is 12.1. The lowest BCUT2D eigenvalue weighted by atomic mass is 10.2. The molecule has 0 unspecified atom stereocenters. The van der Waals surface area contributed by atoms with Gasteiger partial charge in [0.05, 0.1) is 4.90 Å². The number of benzene rings is 1. The van der Waals surface area contributed by atoms with Crippen molar-refractivity contribution in [2.24, 2.45) is 0 Å². The van der Waals surface area contributed by atoms with Gasteiger partial charge in [-0.25, -0.2) is 13.1 Å². The smallest absolute Gasteiger partial charge is 0.251 e. The second-order valence-electron chi connectivity index (χ2n) is 4.43. The van der Waals surface area contributed by atoms with Gasteiger partial charge in [-0.2, -0.15) is 5.21 Å². The van der Waals surface area contributed by atoms with Crippen molar-refractivity contribution in [3.63, 3.8) is 0 Å². The van der Waals surface area contributed by atoms with Crippen LogP contribution in [0.15, 0.2) is 29.2 Å². The first-order valence-corrected chi connectivity index (χ1v) is 8.05. The summed E-state index contributed by atoms with van der Waals surface area (Å²) in [5.41, 5.74) is 0.401. The van der Waals surface area contributed by atoms with E-state index in [-0.39, 0.29) is 17.3 Å². The molecule has 3 N–H and O–H groups in total. The minimum absolute atomic E-state index is 0.111. The summed E-state index contributed by atoms with van der Waals surface area (Å²) in [5, 5.41) is 15.8. The van der Waals surface area contributed by atoms with E-state index in [9.17, 15) is 13.2 Å². The summed E-state index contributed by atoms with van der Waals surface area (Å²) in [6.45, 7) is 0.258. The van der Waals surface area contributed by atoms with Gasteiger partial charge < -0.3 is 5.32 Å². The average molecular weight is 324 g/mol. The molecule has 0 aliphatic rings. The van der Waals surface area contributed by atoms with Gasteiger partial charge in [-0.15, -0.1) is 10.2 Å². The quantitative estimate of drug-likeness (QED) is 0.587. The number of carbonyl (C=O) groups is 1. The fourth-order valence-corrected chi connectivity index (χ4v) is 2.83. The van der Waals surface area contributed by atoms with E-state index < -0.39 is 10.0 Å². The number of nitrogens with zero attached hydrogens (tertiary/aromatic N) is 3. The first-order valence-electron chi connectivity index (χ1n) is 6.57. The number of amides is 1. The third-order valence-corrected chi connectivity index (χ3v) is 4.39. The Labute approximate surface area is 127 Å². The molecule has 0 aliphatic carbocycles. The number of tetrazole rings is 1. The summed E-state index contributed by atoms with van der Waals surface area (Å²) >= 11 is 0. The van der Waals surface area contributed by atoms with Gasteiger partial charge in [0.1, 0.15) is 0 Å². The Bertz CT molecular complexity index is 712. The molecule has 10 heteroatoms. The van der Waals surface area contributed by atoms with E-state index >= 15 is 0 Å². The van der Waals surface area contributed by atoms with Crippen LogP contribution in [0.25, 0.3) is 0 Å². The predicted octanol–water partition coefficient (Wildman–Crippen LogP) is -0.530. The maximum absolute atomic E-state index is 12.1. The van der Waals surface area contributed by atoms with Crippen molar-refractivity contribution in [1.82, 2.24) is 30.7 Å². The van der Waals surface area contributed by atoms with Gasteiger partial charge >= 0.3 is 0 Å². The Morgan fingerprint density at radius 1 is 1.27 bits per heavy atom. The standard InChI is InChI=1S/C12H16N6O3S/c1-13-12(19)9-4-6-10(7-5-9)22(20,21)14-8-2-3-11-15-17-18-16-11/h4-7,14H,2-3,8H2,1H3,(H,13,19)(H,15,16,17,18). The minimum atomic E-state index is -3.60. The van der Waals surface area contributed by atoms with Crippen LogP contribution in [0.2, 0.25) is 0 Å². The number of hydrogen-bond acceptors (Lipinski definition) is 6. The zero-order valence-corrected chi connectivity index (χ0v) is 12.7. The first kappa shape index (κ1) is 16.0. The molecule has 0 fully saturated rings. The Morgan fingerprint density at radius 2 is 2.00 bits per heavy atom. The second kappa shape index (κ2) is 7.09. The lowest BCUT2D eigenvalue weighted by Crippen LogP contribution is -2.25. The van der Waals surface area contributed by atoms with Crippen molar-refractivity contribution in [3.8, 4) is 0 Å². The largest absolute Gasteiger partial charge is 0.355 e. The Morgan fingerprint density at radius 3 is 2.59 bits per heavy atom. The number of nitrogens with one attached hydrogen (secondary N) is 3. The maximum Gasteiger partial charge on any atom is 0.251 e. The molecule has 0 spiro atoms. The molecule has 22 heavy (non-hydrogen) atoms. The second-order valence-corrected chi connectivity index (χ2v) is 6.20. The SMILES string of the molecule is CNC(=O)c1ccc(S(=O)(=O)NCCCc2nn[nH]n2)cc1. The topological polar surface area (TPSA) is 130 Å². The summed E-state index contributed by atoms with van der Waals surface area (Å²) in [6.07, 6.45) is 1.07. The predicted molar refractivity (Wildman–Crippen MR) is 77.5 cm³/mol. The summed E-state index contributed by atoms with van der Waals surface area (Å²) in [5.74, 6) is 0.270. The highest BCUT2D eigenvalue weighted by Gasteiger charge is 2.14. The van der Waals surface area contributed by atoms with Crippen LogP contribution in [0.4, 0.5) is 0 Å². The monoisotopic (exact) mass is 324 g/mol. The van der Waals surface area contributed by atoms with Gasteiger partial charge in [0.2, 0.25) is 10.0 Å². The van der Waals surface area contributed by atoms with Crippen molar-refractivity contribution in [2.45, 2.75) is 17.7 Å². The molecule has 1 aromatic carbocycles. The fraction of sp³-hybridized carbons (Fsp3) is 0.333. The highest BCUT2D eigenvalue weighted by atomic mass is 32.2. The zero-order chi connectivity index (χ0) is 16.0. The van der Waals surface area contributed by atoms with Gasteiger partial charge in [0.15, 0.2) is 5.82 Å². The van der Waals surface area contributed by atoms with E-state index in [4.69, 9.17) is 0 Å². The molecule has 1 heterocycles. The molecule has 0 bridgehead atoms. The number of aromatic amines is 1. The number of hydrogen-bond donors (Lipinski definition) is 3. The molecular weight excluding hydrogens is 308 g/mol. The highest BCUT2D eigenvalue weighted by Crippen LogP contribution is 2.10. The summed E-state index contributed by atoms with van der Waals surface area (Å²) in [7, 11) is -2.08. The number of rotatable bonds is 7. The molecule has 2 aromatic rings. The molecule has 2 rings (SSSR count). The number of H-pyrrole nitrogens is 1. The molecule has 0 radical (unpaired) electrons. The Hall–Kier alpha value is -2.33. The molecule has 118 valence electrons. The van der Waals surface area contributed by atoms with Gasteiger partial charge in [0.25, 0.3) is 5.91 Å². The van der Waals surface area contributed by atoms with Crippen LogP contribution >= 0.6 is 0 Å². The van der Waals surface area contributed by atoms with Gasteiger partial charge in [-0.05, 0) is 30.7 Å². The number of aromatic nitrogens is 4. The number of sulfonamides is 1. The first-order chi connectivity index (χ1) is 10.5. The molecular formula is C12H16N6O3S. The third-order valence-electron chi connectivity index (χ3n) is 2.91. The van der Waals surface area contributed by atoms with Crippen LogP contribution < -0.4 is 10.0 Å². The molecule has 1 aromatic heterocycles. The van der Waals surface area contributed by atoms with Crippen LogP contribution in [0.1, 0.15) is 22.6 Å². The van der Waals surface area contributed by atoms with E-state index in [2.05, 4.69) is 30.7 Å². The van der Waals surface area contributed by atoms with Crippen molar-refractivity contribution in [1.29, 1.82) is 0 Å². The third kappa shape index (κ3) is 4.09. The minimum Gasteiger partial charge on any atom is -0.355 e. The van der Waals surface area contributed by atoms with Crippen LogP contribution in [0.3, 0.4) is 0 Å². The molecule has 0 aliphatic heterocycles. The summed E-state index contributed by atoms with van der Waals surface area (Å²) < 4.78 is 26.7. The van der Waals surface area contributed by atoms with Crippen molar-refractivity contribution >= 4 is 15.9 Å². The van der Waals surface area contributed by atoms with Crippen LogP contribution in [0.5, 0.6) is 0 Å². The van der Waals surface area contributed by atoms with Crippen molar-refractivity contribution in [3.05, 3.63) is 35.7 Å². The van der Waals surface area contributed by atoms with Gasteiger partial charge in [-0.1, -0.05) is 5.21 Å².